The predicted octanol–water partition coefficient (Wildman–Crippen LogP) is 6.62. The minimum Gasteiger partial charge on any atom is -0.382 e. The van der Waals surface area contributed by atoms with Crippen molar-refractivity contribution in [2.45, 2.75) is 54.6 Å². The van der Waals surface area contributed by atoms with E-state index in [1.54, 1.807) is 0 Å². The van der Waals surface area contributed by atoms with E-state index in [1.807, 2.05) is 26.8 Å². The third kappa shape index (κ3) is 4.50. The number of benzene rings is 1. The molecule has 2 atom stereocenters. The normalized spacial score (nSPS) is 23.5. The van der Waals surface area contributed by atoms with E-state index in [0.717, 1.165) is 5.57 Å². The van der Waals surface area contributed by atoms with Crippen molar-refractivity contribution in [3.05, 3.63) is 56.8 Å². The van der Waals surface area contributed by atoms with Gasteiger partial charge in [0.1, 0.15) is 6.10 Å². The smallest absolute Gasteiger partial charge is 0.298 e. The molecule has 0 radical (unpaired) electrons. The van der Waals surface area contributed by atoms with Gasteiger partial charge in [-0.2, -0.15) is 5.11 Å². The number of hydrogen-bond acceptors (Lipinski definition) is 5. The number of hydrogen-bond donors (Lipinski definition) is 1. The fourth-order valence-electron chi connectivity index (χ4n) is 2.97. The molecule has 0 saturated heterocycles. The van der Waals surface area contributed by atoms with Crippen LogP contribution in [0.2, 0.25) is 5.02 Å². The van der Waals surface area contributed by atoms with E-state index in [2.05, 4.69) is 44.0 Å². The Morgan fingerprint density at radius 2 is 1.75 bits per heavy atom. The quantitative estimate of drug-likeness (QED) is 0.265. The van der Waals surface area contributed by atoms with Crippen LogP contribution >= 0.6 is 11.6 Å². The van der Waals surface area contributed by atoms with Gasteiger partial charge in [0.15, 0.2) is 5.69 Å². The first-order valence-electron chi connectivity index (χ1n) is 9.15. The van der Waals surface area contributed by atoms with Crippen LogP contribution in [0.4, 0.5) is 11.4 Å². The molecule has 1 aliphatic carbocycles. The molecule has 0 spiro atoms. The zero-order chi connectivity index (χ0) is 21.5. The molecule has 0 saturated carbocycles. The second-order valence-corrected chi connectivity index (χ2v) is 9.88. The van der Waals surface area contributed by atoms with E-state index in [4.69, 9.17) is 11.6 Å². The molecule has 0 heterocycles. The van der Waals surface area contributed by atoms with Crippen LogP contribution in [0.15, 0.2) is 51.8 Å². The van der Waals surface area contributed by atoms with E-state index in [9.17, 15) is 15.2 Å². The SMILES string of the molecule is CC(C)(C)C1=CC(C)(C(C)(C)C)C=C(N=Nc2ccc(Cl)cc2[N+](=O)[O-])C1O. The topological polar surface area (TPSA) is 88.1 Å². The van der Waals surface area contributed by atoms with Crippen molar-refractivity contribution in [1.82, 2.24) is 0 Å². The van der Waals surface area contributed by atoms with Crippen LogP contribution < -0.4 is 0 Å². The van der Waals surface area contributed by atoms with Gasteiger partial charge in [0, 0.05) is 16.5 Å². The molecule has 0 aromatic heterocycles. The Bertz CT molecular complexity index is 876. The molecule has 0 amide bonds. The highest BCUT2D eigenvalue weighted by Gasteiger charge is 2.41. The van der Waals surface area contributed by atoms with Crippen LogP contribution in [0.1, 0.15) is 48.5 Å². The van der Waals surface area contributed by atoms with Crippen molar-refractivity contribution in [3.63, 3.8) is 0 Å². The molecule has 0 aliphatic heterocycles. The summed E-state index contributed by atoms with van der Waals surface area (Å²) in [6.45, 7) is 14.6. The maximum atomic E-state index is 11.3. The van der Waals surface area contributed by atoms with Gasteiger partial charge in [-0.15, -0.1) is 5.11 Å². The summed E-state index contributed by atoms with van der Waals surface area (Å²) in [5, 5.41) is 30.8. The lowest BCUT2D eigenvalue weighted by Crippen LogP contribution is -2.37. The van der Waals surface area contributed by atoms with Crippen LogP contribution in [0.3, 0.4) is 0 Å². The number of nitrogens with zero attached hydrogens (tertiary/aromatic N) is 3. The molecular weight excluding hydrogens is 378 g/mol. The molecule has 1 aromatic rings. The number of aliphatic hydroxyl groups excluding tert-OH is 1. The summed E-state index contributed by atoms with van der Waals surface area (Å²) in [7, 11) is 0. The number of allylic oxidation sites excluding steroid dienone is 2. The molecule has 28 heavy (non-hydrogen) atoms. The molecule has 1 N–H and O–H groups in total. The molecule has 0 fully saturated rings. The second-order valence-electron chi connectivity index (χ2n) is 9.44. The molecule has 1 aromatic carbocycles. The van der Waals surface area contributed by atoms with Gasteiger partial charge >= 0.3 is 0 Å². The second kappa shape index (κ2) is 7.41. The number of nitro groups is 1. The van der Waals surface area contributed by atoms with E-state index in [0.29, 0.717) is 5.70 Å². The van der Waals surface area contributed by atoms with Crippen molar-refractivity contribution in [2.75, 3.05) is 0 Å². The average molecular weight is 406 g/mol. The number of aliphatic hydroxyl groups is 1. The predicted molar refractivity (Wildman–Crippen MR) is 112 cm³/mol. The molecule has 1 aliphatic rings. The van der Waals surface area contributed by atoms with Crippen molar-refractivity contribution >= 4 is 23.0 Å². The highest BCUT2D eigenvalue weighted by Crippen LogP contribution is 2.49. The monoisotopic (exact) mass is 405 g/mol. The molecule has 7 heteroatoms. The van der Waals surface area contributed by atoms with Crippen LogP contribution in [-0.4, -0.2) is 16.1 Å². The van der Waals surface area contributed by atoms with E-state index >= 15 is 0 Å². The highest BCUT2D eigenvalue weighted by atomic mass is 35.5. The standard InChI is InChI=1S/C21H28ClN3O3/c1-19(2,3)14-11-21(7,20(4,5)6)12-16(18(14)26)24-23-15-9-8-13(22)10-17(15)25(27)28/h8-12,18,26H,1-7H3. The Hall–Kier alpha value is -2.05. The van der Waals surface area contributed by atoms with Crippen molar-refractivity contribution in [2.24, 2.45) is 26.5 Å². The fourth-order valence-corrected chi connectivity index (χ4v) is 3.14. The summed E-state index contributed by atoms with van der Waals surface area (Å²) < 4.78 is 0. The number of nitro benzene ring substituents is 1. The summed E-state index contributed by atoms with van der Waals surface area (Å²) in [5.41, 5.74) is 0.333. The summed E-state index contributed by atoms with van der Waals surface area (Å²) >= 11 is 5.85. The number of rotatable bonds is 3. The van der Waals surface area contributed by atoms with E-state index in [-0.39, 0.29) is 32.6 Å². The van der Waals surface area contributed by atoms with Gasteiger partial charge in [-0.25, -0.2) is 0 Å². The van der Waals surface area contributed by atoms with Gasteiger partial charge in [-0.3, -0.25) is 10.1 Å². The average Bonchev–Trinajstić information content (AvgIpc) is 2.54. The zero-order valence-electron chi connectivity index (χ0n) is 17.4. The number of halogens is 1. The van der Waals surface area contributed by atoms with Gasteiger partial charge in [0.05, 0.1) is 10.6 Å². The lowest BCUT2D eigenvalue weighted by Gasteiger charge is -2.43. The van der Waals surface area contributed by atoms with Crippen molar-refractivity contribution < 1.29 is 10.0 Å². The number of azo groups is 1. The maximum Gasteiger partial charge on any atom is 0.298 e. The van der Waals surface area contributed by atoms with Crippen LogP contribution in [0.25, 0.3) is 0 Å². The Morgan fingerprint density at radius 3 is 2.25 bits per heavy atom. The first-order chi connectivity index (χ1) is 12.7. The largest absolute Gasteiger partial charge is 0.382 e. The van der Waals surface area contributed by atoms with Crippen LogP contribution in [-0.2, 0) is 0 Å². The first kappa shape index (κ1) is 22.2. The molecule has 2 rings (SSSR count). The molecule has 6 nitrogen and oxygen atoms in total. The van der Waals surface area contributed by atoms with Crippen LogP contribution in [0, 0.1) is 26.4 Å². The molecule has 0 bridgehead atoms. The molecule has 2 unspecified atom stereocenters. The third-order valence-corrected chi connectivity index (χ3v) is 5.60. The van der Waals surface area contributed by atoms with E-state index in [1.165, 1.54) is 18.2 Å². The third-order valence-electron chi connectivity index (χ3n) is 5.37. The Balaban J connectivity index is 2.56. The van der Waals surface area contributed by atoms with Crippen molar-refractivity contribution in [1.29, 1.82) is 0 Å². The minimum absolute atomic E-state index is 0.0897. The van der Waals surface area contributed by atoms with Crippen LogP contribution in [0.5, 0.6) is 0 Å². The lowest BCUT2D eigenvalue weighted by molar-refractivity contribution is -0.384. The Labute approximate surface area is 171 Å². The van der Waals surface area contributed by atoms with Gasteiger partial charge in [-0.05, 0) is 34.6 Å². The zero-order valence-corrected chi connectivity index (χ0v) is 18.2. The lowest BCUT2D eigenvalue weighted by atomic mass is 9.62. The molecular formula is C21H28ClN3O3. The fraction of sp³-hybridized carbons (Fsp3) is 0.524. The van der Waals surface area contributed by atoms with Gasteiger partial charge < -0.3 is 5.11 Å². The Kier molecular flexibility index (Phi) is 5.89. The molecule has 152 valence electrons. The van der Waals surface area contributed by atoms with Gasteiger partial charge in [0.2, 0.25) is 0 Å². The minimum atomic E-state index is -0.925. The summed E-state index contributed by atoms with van der Waals surface area (Å²) in [5.74, 6) is 0. The summed E-state index contributed by atoms with van der Waals surface area (Å²) in [4.78, 5) is 10.7. The first-order valence-corrected chi connectivity index (χ1v) is 9.53. The Morgan fingerprint density at radius 1 is 1.14 bits per heavy atom. The maximum absolute atomic E-state index is 11.3. The van der Waals surface area contributed by atoms with Gasteiger partial charge in [0.25, 0.3) is 5.69 Å². The summed E-state index contributed by atoms with van der Waals surface area (Å²) in [6, 6.07) is 4.21. The van der Waals surface area contributed by atoms with E-state index < -0.39 is 11.0 Å². The summed E-state index contributed by atoms with van der Waals surface area (Å²) in [6.07, 6.45) is 3.09. The van der Waals surface area contributed by atoms with Gasteiger partial charge in [-0.1, -0.05) is 66.1 Å². The highest BCUT2D eigenvalue weighted by molar-refractivity contribution is 6.30. The van der Waals surface area contributed by atoms with Crippen molar-refractivity contribution in [3.8, 4) is 0 Å².